The second kappa shape index (κ2) is 7.59. The molecule has 1 N–H and O–H groups in total. The number of benzene rings is 2. The Balaban J connectivity index is 1.42. The van der Waals surface area contributed by atoms with Crippen LogP contribution in [0.1, 0.15) is 24.6 Å². The summed E-state index contributed by atoms with van der Waals surface area (Å²) in [6.45, 7) is 0.240. The zero-order valence-corrected chi connectivity index (χ0v) is 16.4. The summed E-state index contributed by atoms with van der Waals surface area (Å²) in [6.07, 6.45) is 5.87. The number of amides is 1. The lowest BCUT2D eigenvalue weighted by atomic mass is 10.1. The van der Waals surface area contributed by atoms with Gasteiger partial charge in [0, 0.05) is 23.2 Å². The molecule has 5 rings (SSSR count). The van der Waals surface area contributed by atoms with E-state index < -0.39 is 0 Å². The molecule has 0 spiro atoms. The maximum absolute atomic E-state index is 12.9. The molecule has 1 aliphatic rings. The number of rotatable bonds is 6. The van der Waals surface area contributed by atoms with Crippen molar-refractivity contribution in [2.75, 3.05) is 0 Å². The molecule has 2 heterocycles. The second-order valence-corrected chi connectivity index (χ2v) is 7.52. The van der Waals surface area contributed by atoms with Crippen molar-refractivity contribution in [2.45, 2.75) is 32.0 Å². The van der Waals surface area contributed by atoms with Crippen molar-refractivity contribution in [3.8, 4) is 11.3 Å². The van der Waals surface area contributed by atoms with Gasteiger partial charge in [-0.15, -0.1) is 0 Å². The van der Waals surface area contributed by atoms with Gasteiger partial charge in [0.1, 0.15) is 6.54 Å². The molecule has 7 nitrogen and oxygen atoms in total. The highest BCUT2D eigenvalue weighted by Crippen LogP contribution is 2.35. The monoisotopic (exact) mass is 399 g/mol. The molecule has 0 bridgehead atoms. The molecule has 2 aromatic heterocycles. The molecule has 0 saturated heterocycles. The molecule has 2 aromatic carbocycles. The van der Waals surface area contributed by atoms with Gasteiger partial charge in [-0.3, -0.25) is 9.59 Å². The van der Waals surface area contributed by atoms with E-state index in [4.69, 9.17) is 0 Å². The molecule has 150 valence electrons. The van der Waals surface area contributed by atoms with Gasteiger partial charge in [0.25, 0.3) is 5.56 Å². The minimum atomic E-state index is -0.275. The molecule has 30 heavy (non-hydrogen) atoms. The van der Waals surface area contributed by atoms with Gasteiger partial charge in [-0.1, -0.05) is 48.5 Å². The summed E-state index contributed by atoms with van der Waals surface area (Å²) >= 11 is 0. The first-order valence-corrected chi connectivity index (χ1v) is 10.0. The Hall–Kier alpha value is -3.74. The highest BCUT2D eigenvalue weighted by Gasteiger charge is 2.25. The third kappa shape index (κ3) is 3.50. The third-order valence-corrected chi connectivity index (χ3v) is 5.36. The van der Waals surface area contributed by atoms with Crippen LogP contribution in [0.15, 0.2) is 71.9 Å². The van der Waals surface area contributed by atoms with E-state index in [0.717, 1.165) is 29.5 Å². The fourth-order valence-electron chi connectivity index (χ4n) is 3.68. The molecule has 0 radical (unpaired) electrons. The number of carbonyl (C=O) groups is 1. The lowest BCUT2D eigenvalue weighted by molar-refractivity contribution is -0.122. The Bertz CT molecular complexity index is 1270. The lowest BCUT2D eigenvalue weighted by Crippen LogP contribution is -2.34. The summed E-state index contributed by atoms with van der Waals surface area (Å²) in [5.41, 5.74) is 2.28. The smallest absolute Gasteiger partial charge is 0.275 e. The summed E-state index contributed by atoms with van der Waals surface area (Å²) in [6, 6.07) is 17.5. The normalized spacial score (nSPS) is 13.5. The van der Waals surface area contributed by atoms with E-state index >= 15 is 0 Å². The van der Waals surface area contributed by atoms with Crippen LogP contribution < -0.4 is 10.9 Å². The van der Waals surface area contributed by atoms with Crippen molar-refractivity contribution in [3.63, 3.8) is 0 Å². The predicted octanol–water partition coefficient (Wildman–Crippen LogP) is 2.91. The van der Waals surface area contributed by atoms with Crippen LogP contribution in [0, 0.1) is 0 Å². The Morgan fingerprint density at radius 3 is 2.53 bits per heavy atom. The number of nitrogens with zero attached hydrogens (tertiary/aromatic N) is 4. The molecule has 4 aromatic rings. The van der Waals surface area contributed by atoms with Crippen LogP contribution in [-0.4, -0.2) is 25.2 Å². The topological polar surface area (TPSA) is 81.8 Å². The molecule has 0 unspecified atom stereocenters. The van der Waals surface area contributed by atoms with Gasteiger partial charge in [-0.05, 0) is 18.9 Å². The number of fused-ring (bicyclic) bond motifs is 1. The summed E-state index contributed by atoms with van der Waals surface area (Å²) in [5.74, 6) is -0.262. The highest BCUT2D eigenvalue weighted by molar-refractivity contribution is 5.93. The fraction of sp³-hybridized carbons (Fsp3) is 0.217. The van der Waals surface area contributed by atoms with Crippen LogP contribution in [-0.2, 0) is 17.9 Å². The molecule has 0 aliphatic heterocycles. The van der Waals surface area contributed by atoms with Crippen LogP contribution in [0.25, 0.3) is 22.0 Å². The second-order valence-electron chi connectivity index (χ2n) is 7.52. The summed E-state index contributed by atoms with van der Waals surface area (Å²) < 4.78 is 3.35. The van der Waals surface area contributed by atoms with Crippen LogP contribution in [0.5, 0.6) is 0 Å². The standard InChI is InChI=1S/C23H21N5O2/c29-21(25-13-18-12-24-15-27(18)17-10-11-17)14-28-23(30)20-9-5-4-8-19(20)22(26-28)16-6-2-1-3-7-16/h1-9,12,15,17H,10-11,13-14H2,(H,25,29). The molecule has 0 atom stereocenters. The average Bonchev–Trinajstić information content (AvgIpc) is 3.52. The van der Waals surface area contributed by atoms with Crippen molar-refractivity contribution >= 4 is 16.7 Å². The molecule has 1 fully saturated rings. The summed E-state index contributed by atoms with van der Waals surface area (Å²) in [7, 11) is 0. The Morgan fingerprint density at radius 1 is 1.03 bits per heavy atom. The van der Waals surface area contributed by atoms with Crippen molar-refractivity contribution in [1.82, 2.24) is 24.6 Å². The van der Waals surface area contributed by atoms with Crippen molar-refractivity contribution in [3.05, 3.63) is 83.2 Å². The number of aromatic nitrogens is 4. The van der Waals surface area contributed by atoms with Gasteiger partial charge < -0.3 is 9.88 Å². The van der Waals surface area contributed by atoms with Gasteiger partial charge in [-0.25, -0.2) is 9.67 Å². The molecule has 1 amide bonds. The quantitative estimate of drug-likeness (QED) is 0.541. The largest absolute Gasteiger partial charge is 0.349 e. The van der Waals surface area contributed by atoms with E-state index in [0.29, 0.717) is 23.7 Å². The first kappa shape index (κ1) is 18.3. The first-order chi connectivity index (χ1) is 14.7. The first-order valence-electron chi connectivity index (χ1n) is 10.0. The number of carbonyl (C=O) groups excluding carboxylic acids is 1. The van der Waals surface area contributed by atoms with Gasteiger partial charge in [0.2, 0.25) is 5.91 Å². The zero-order chi connectivity index (χ0) is 20.5. The van der Waals surface area contributed by atoms with E-state index in [9.17, 15) is 9.59 Å². The SMILES string of the molecule is O=C(Cn1nc(-c2ccccc2)c2ccccc2c1=O)NCc1cncn1C1CC1. The Labute approximate surface area is 173 Å². The van der Waals surface area contributed by atoms with E-state index in [2.05, 4.69) is 20.0 Å². The van der Waals surface area contributed by atoms with E-state index in [-0.39, 0.29) is 18.0 Å². The number of nitrogens with one attached hydrogen (secondary N) is 1. The van der Waals surface area contributed by atoms with Crippen molar-refractivity contribution < 1.29 is 4.79 Å². The molecular weight excluding hydrogens is 378 g/mol. The minimum absolute atomic E-state index is 0.138. The molecule has 1 saturated carbocycles. The van der Waals surface area contributed by atoms with E-state index in [1.807, 2.05) is 48.5 Å². The van der Waals surface area contributed by atoms with Crippen LogP contribution in [0.2, 0.25) is 0 Å². The van der Waals surface area contributed by atoms with Crippen LogP contribution >= 0.6 is 0 Å². The van der Waals surface area contributed by atoms with Crippen molar-refractivity contribution in [2.24, 2.45) is 0 Å². The predicted molar refractivity (Wildman–Crippen MR) is 114 cm³/mol. The molecule has 1 aliphatic carbocycles. The van der Waals surface area contributed by atoms with Gasteiger partial charge in [0.15, 0.2) is 0 Å². The Kier molecular flexibility index (Phi) is 4.63. The number of hydrogen-bond acceptors (Lipinski definition) is 4. The van der Waals surface area contributed by atoms with E-state index in [1.54, 1.807) is 18.6 Å². The average molecular weight is 399 g/mol. The van der Waals surface area contributed by atoms with Gasteiger partial charge in [-0.2, -0.15) is 5.10 Å². The van der Waals surface area contributed by atoms with E-state index in [1.165, 1.54) is 4.68 Å². The minimum Gasteiger partial charge on any atom is -0.349 e. The van der Waals surface area contributed by atoms with Crippen molar-refractivity contribution in [1.29, 1.82) is 0 Å². The maximum Gasteiger partial charge on any atom is 0.275 e. The third-order valence-electron chi connectivity index (χ3n) is 5.36. The zero-order valence-electron chi connectivity index (χ0n) is 16.4. The highest BCUT2D eigenvalue weighted by atomic mass is 16.2. The van der Waals surface area contributed by atoms with Gasteiger partial charge in [0.05, 0.1) is 29.6 Å². The number of hydrogen-bond donors (Lipinski definition) is 1. The molecule has 7 heteroatoms. The van der Waals surface area contributed by atoms with Gasteiger partial charge >= 0.3 is 0 Å². The lowest BCUT2D eigenvalue weighted by Gasteiger charge is -2.12. The summed E-state index contributed by atoms with van der Waals surface area (Å²) in [5, 5.41) is 8.75. The number of imidazole rings is 1. The summed E-state index contributed by atoms with van der Waals surface area (Å²) in [4.78, 5) is 29.7. The fourth-order valence-corrected chi connectivity index (χ4v) is 3.68. The van der Waals surface area contributed by atoms with Crippen LogP contribution in [0.3, 0.4) is 0 Å². The maximum atomic E-state index is 12.9. The van der Waals surface area contributed by atoms with Crippen LogP contribution in [0.4, 0.5) is 0 Å². The Morgan fingerprint density at radius 2 is 1.77 bits per heavy atom. The molecular formula is C23H21N5O2.